The maximum absolute atomic E-state index is 13.0. The molecule has 1 aromatic heterocycles. The molecule has 5 nitrogen and oxygen atoms in total. The zero-order valence-electron chi connectivity index (χ0n) is 17.4. The summed E-state index contributed by atoms with van der Waals surface area (Å²) in [4.78, 5) is 18.8. The third-order valence-corrected chi connectivity index (χ3v) is 5.54. The number of amides is 1. The quantitative estimate of drug-likeness (QED) is 0.628. The summed E-state index contributed by atoms with van der Waals surface area (Å²) in [5, 5.41) is 6.86. The van der Waals surface area contributed by atoms with Crippen LogP contribution in [0.1, 0.15) is 45.1 Å². The van der Waals surface area contributed by atoms with Crippen LogP contribution in [-0.4, -0.2) is 47.5 Å². The smallest absolute Gasteiger partial charge is 0.360 e. The number of hydrogen-bond donors (Lipinski definition) is 2. The molecule has 1 aliphatic rings. The minimum Gasteiger partial charge on any atom is -0.360 e. The number of benzene rings is 1. The van der Waals surface area contributed by atoms with Crippen LogP contribution in [0.2, 0.25) is 0 Å². The lowest BCUT2D eigenvalue weighted by molar-refractivity contribution is -0.137. The van der Waals surface area contributed by atoms with Gasteiger partial charge in [-0.1, -0.05) is 32.8 Å². The molecule has 2 aromatic rings. The number of hydrogen-bond acceptors (Lipinski definition) is 4. The van der Waals surface area contributed by atoms with Gasteiger partial charge in [-0.3, -0.25) is 9.69 Å². The highest BCUT2D eigenvalue weighted by Crippen LogP contribution is 2.33. The first-order valence-electron chi connectivity index (χ1n) is 10.5. The van der Waals surface area contributed by atoms with Crippen molar-refractivity contribution in [2.24, 2.45) is 0 Å². The Labute approximate surface area is 175 Å². The van der Waals surface area contributed by atoms with Crippen molar-refractivity contribution in [2.75, 3.05) is 25.0 Å². The van der Waals surface area contributed by atoms with Gasteiger partial charge in [0, 0.05) is 30.7 Å². The summed E-state index contributed by atoms with van der Waals surface area (Å²) in [6, 6.07) is 5.87. The molecular formula is C22H29F3N4O. The van der Waals surface area contributed by atoms with Crippen LogP contribution in [0.4, 0.5) is 19.0 Å². The summed E-state index contributed by atoms with van der Waals surface area (Å²) < 4.78 is 39.1. The molecule has 1 aliphatic heterocycles. The molecule has 0 aliphatic carbocycles. The van der Waals surface area contributed by atoms with Crippen molar-refractivity contribution >= 4 is 22.5 Å². The molecule has 8 heteroatoms. The summed E-state index contributed by atoms with van der Waals surface area (Å²) in [6.07, 6.45) is 1.72. The lowest BCUT2D eigenvalue weighted by Gasteiger charge is -2.44. The summed E-state index contributed by atoms with van der Waals surface area (Å²) in [5.41, 5.74) is -0.737. The van der Waals surface area contributed by atoms with Gasteiger partial charge in [-0.05, 0) is 36.4 Å². The number of carbonyl (C=O) groups excluding carboxylic acids is 1. The number of fused-ring (bicyclic) bond motifs is 1. The first kappa shape index (κ1) is 22.3. The number of aromatic nitrogens is 1. The van der Waals surface area contributed by atoms with Gasteiger partial charge in [0.1, 0.15) is 5.82 Å². The van der Waals surface area contributed by atoms with Crippen LogP contribution in [0.25, 0.3) is 10.8 Å². The van der Waals surface area contributed by atoms with E-state index < -0.39 is 11.7 Å². The van der Waals surface area contributed by atoms with Gasteiger partial charge in [-0.2, -0.15) is 13.2 Å². The Morgan fingerprint density at radius 2 is 1.90 bits per heavy atom. The van der Waals surface area contributed by atoms with E-state index in [1.807, 2.05) is 0 Å². The zero-order chi connectivity index (χ0) is 21.7. The number of rotatable bonds is 9. The monoisotopic (exact) mass is 422 g/mol. The first-order chi connectivity index (χ1) is 14.3. The second-order valence-electron chi connectivity index (χ2n) is 7.90. The van der Waals surface area contributed by atoms with Crippen LogP contribution in [-0.2, 0) is 11.0 Å². The van der Waals surface area contributed by atoms with E-state index in [1.54, 1.807) is 6.07 Å². The number of carbonyl (C=O) groups is 1. The van der Waals surface area contributed by atoms with E-state index in [0.29, 0.717) is 16.8 Å². The Morgan fingerprint density at radius 3 is 2.53 bits per heavy atom. The van der Waals surface area contributed by atoms with Crippen molar-refractivity contribution in [1.82, 2.24) is 15.2 Å². The predicted octanol–water partition coefficient (Wildman–Crippen LogP) is 4.43. The maximum Gasteiger partial charge on any atom is 0.416 e. The standard InChI is InChI=1S/C22H29F3N4O/c1-3-5-18(6-4-2)29-13-17(14-29)28-20(30)12-27-21-19-11-16(22(23,24)25)8-7-15(19)9-10-26-21/h7-11,17-18H,3-6,12-14H2,1-2H3,(H,26,27)(H,28,30). The largest absolute Gasteiger partial charge is 0.416 e. The molecule has 0 atom stereocenters. The van der Waals surface area contributed by atoms with Crippen LogP contribution >= 0.6 is 0 Å². The molecule has 1 aromatic carbocycles. The Hall–Kier alpha value is -2.35. The molecule has 0 bridgehead atoms. The average molecular weight is 422 g/mol. The van der Waals surface area contributed by atoms with E-state index in [0.717, 1.165) is 38.1 Å². The van der Waals surface area contributed by atoms with Crippen molar-refractivity contribution in [3.8, 4) is 0 Å². The fourth-order valence-electron chi connectivity index (χ4n) is 4.01. The van der Waals surface area contributed by atoms with E-state index in [2.05, 4.69) is 34.4 Å². The molecule has 164 valence electrons. The van der Waals surface area contributed by atoms with Gasteiger partial charge < -0.3 is 10.6 Å². The molecule has 0 saturated carbocycles. The van der Waals surface area contributed by atoms with Crippen LogP contribution in [0.3, 0.4) is 0 Å². The number of halogens is 3. The van der Waals surface area contributed by atoms with E-state index in [9.17, 15) is 18.0 Å². The minimum absolute atomic E-state index is 0.0355. The van der Waals surface area contributed by atoms with E-state index in [-0.39, 0.29) is 24.3 Å². The lowest BCUT2D eigenvalue weighted by Crippen LogP contribution is -2.62. The van der Waals surface area contributed by atoms with Gasteiger partial charge in [-0.25, -0.2) is 4.98 Å². The molecule has 0 radical (unpaired) electrons. The van der Waals surface area contributed by atoms with Gasteiger partial charge in [-0.15, -0.1) is 0 Å². The highest BCUT2D eigenvalue weighted by Gasteiger charge is 2.32. The average Bonchev–Trinajstić information content (AvgIpc) is 2.67. The molecule has 1 saturated heterocycles. The minimum atomic E-state index is -4.43. The lowest BCUT2D eigenvalue weighted by atomic mass is 9.98. The molecule has 2 N–H and O–H groups in total. The van der Waals surface area contributed by atoms with Crippen molar-refractivity contribution < 1.29 is 18.0 Å². The summed E-state index contributed by atoms with van der Waals surface area (Å²) in [7, 11) is 0. The Kier molecular flexibility index (Phi) is 7.18. The Bertz CT molecular complexity index is 859. The molecular weight excluding hydrogens is 393 g/mol. The number of anilines is 1. The molecule has 0 spiro atoms. The zero-order valence-corrected chi connectivity index (χ0v) is 17.4. The number of nitrogens with one attached hydrogen (secondary N) is 2. The highest BCUT2D eigenvalue weighted by molar-refractivity contribution is 5.93. The first-order valence-corrected chi connectivity index (χ1v) is 10.5. The van der Waals surface area contributed by atoms with Crippen LogP contribution in [0, 0.1) is 0 Å². The van der Waals surface area contributed by atoms with Crippen LogP contribution in [0.15, 0.2) is 30.5 Å². The van der Waals surface area contributed by atoms with Gasteiger partial charge in [0.05, 0.1) is 18.2 Å². The molecule has 1 fully saturated rings. The predicted molar refractivity (Wildman–Crippen MR) is 112 cm³/mol. The summed E-state index contributed by atoms with van der Waals surface area (Å²) >= 11 is 0. The van der Waals surface area contributed by atoms with Crippen LogP contribution < -0.4 is 10.6 Å². The molecule has 3 rings (SSSR count). The molecule has 1 amide bonds. The maximum atomic E-state index is 13.0. The van der Waals surface area contributed by atoms with Crippen molar-refractivity contribution in [3.05, 3.63) is 36.0 Å². The van der Waals surface area contributed by atoms with Gasteiger partial charge in [0.2, 0.25) is 5.91 Å². The number of nitrogens with zero attached hydrogens (tertiary/aromatic N) is 2. The van der Waals surface area contributed by atoms with E-state index >= 15 is 0 Å². The van der Waals surface area contributed by atoms with Gasteiger partial charge in [0.15, 0.2) is 0 Å². The number of likely N-dealkylation sites (tertiary alicyclic amines) is 1. The summed E-state index contributed by atoms with van der Waals surface area (Å²) in [6.45, 7) is 6.03. The second-order valence-corrected chi connectivity index (χ2v) is 7.90. The van der Waals surface area contributed by atoms with E-state index in [1.165, 1.54) is 25.1 Å². The normalized spacial score (nSPS) is 15.4. The Balaban J connectivity index is 1.55. The second kappa shape index (κ2) is 9.64. The molecule has 2 heterocycles. The van der Waals surface area contributed by atoms with Gasteiger partial charge in [0.25, 0.3) is 0 Å². The van der Waals surface area contributed by atoms with Crippen molar-refractivity contribution in [1.29, 1.82) is 0 Å². The van der Waals surface area contributed by atoms with Gasteiger partial charge >= 0.3 is 6.18 Å². The molecule has 30 heavy (non-hydrogen) atoms. The van der Waals surface area contributed by atoms with Crippen LogP contribution in [0.5, 0.6) is 0 Å². The number of alkyl halides is 3. The Morgan fingerprint density at radius 1 is 1.20 bits per heavy atom. The SMILES string of the molecule is CCCC(CCC)N1CC(NC(=O)CNc2nccc3ccc(C(F)(F)F)cc23)C1. The molecule has 0 unspecified atom stereocenters. The third-order valence-electron chi connectivity index (χ3n) is 5.54. The van der Waals surface area contributed by atoms with E-state index in [4.69, 9.17) is 0 Å². The highest BCUT2D eigenvalue weighted by atomic mass is 19.4. The van der Waals surface area contributed by atoms with Crippen molar-refractivity contribution in [3.63, 3.8) is 0 Å². The summed E-state index contributed by atoms with van der Waals surface area (Å²) in [5.74, 6) is 0.0860. The fourth-order valence-corrected chi connectivity index (χ4v) is 4.01. The van der Waals surface area contributed by atoms with Crippen molar-refractivity contribution in [2.45, 2.75) is 57.8 Å². The third kappa shape index (κ3) is 5.41. The topological polar surface area (TPSA) is 57.3 Å². The number of pyridine rings is 1. The fraction of sp³-hybridized carbons (Fsp3) is 0.545.